The van der Waals surface area contributed by atoms with E-state index in [2.05, 4.69) is 15.4 Å². The number of nitrogens with zero attached hydrogens (tertiary/aromatic N) is 4. The summed E-state index contributed by atoms with van der Waals surface area (Å²) in [4.78, 5) is 16.8. The fourth-order valence-corrected chi connectivity index (χ4v) is 3.57. The maximum atomic E-state index is 13.4. The molecule has 1 N–H and O–H groups in total. The van der Waals surface area contributed by atoms with Crippen LogP contribution in [0, 0.1) is 5.82 Å². The standard InChI is InChI=1S/C21H24FN5O2/c1-26-11-9-23-20(26)19-17(15-5-7-16(22)8-6-15)14-25-27(19)12-10-24-21(28)18-4-2-3-13-29-18/h5-9,11,14,18H,2-4,10,12-13H2,1H3,(H,24,28). The van der Waals surface area contributed by atoms with E-state index in [-0.39, 0.29) is 17.8 Å². The molecular weight excluding hydrogens is 373 g/mol. The van der Waals surface area contributed by atoms with Crippen molar-refractivity contribution < 1.29 is 13.9 Å². The van der Waals surface area contributed by atoms with E-state index in [4.69, 9.17) is 4.74 Å². The van der Waals surface area contributed by atoms with Crippen LogP contribution < -0.4 is 5.32 Å². The summed E-state index contributed by atoms with van der Waals surface area (Å²) in [5.41, 5.74) is 2.55. The van der Waals surface area contributed by atoms with Gasteiger partial charge in [0.1, 0.15) is 17.6 Å². The fraction of sp³-hybridized carbons (Fsp3) is 0.381. The third-order valence-corrected chi connectivity index (χ3v) is 5.12. The summed E-state index contributed by atoms with van der Waals surface area (Å²) in [5.74, 6) is 0.394. The molecule has 0 aliphatic carbocycles. The van der Waals surface area contributed by atoms with Gasteiger partial charge in [-0.15, -0.1) is 0 Å². The molecule has 1 amide bonds. The van der Waals surface area contributed by atoms with Gasteiger partial charge in [-0.1, -0.05) is 12.1 Å². The highest BCUT2D eigenvalue weighted by Gasteiger charge is 2.22. The molecule has 8 heteroatoms. The normalized spacial score (nSPS) is 16.7. The first-order chi connectivity index (χ1) is 14.1. The van der Waals surface area contributed by atoms with E-state index in [0.717, 1.165) is 41.9 Å². The molecule has 1 atom stereocenters. The Hall–Kier alpha value is -3.00. The molecule has 1 fully saturated rings. The molecule has 1 saturated heterocycles. The topological polar surface area (TPSA) is 74.0 Å². The molecule has 7 nitrogen and oxygen atoms in total. The van der Waals surface area contributed by atoms with Crippen LogP contribution in [0.5, 0.6) is 0 Å². The van der Waals surface area contributed by atoms with E-state index in [9.17, 15) is 9.18 Å². The molecule has 29 heavy (non-hydrogen) atoms. The van der Waals surface area contributed by atoms with E-state index >= 15 is 0 Å². The van der Waals surface area contributed by atoms with Gasteiger partial charge in [0.15, 0.2) is 5.82 Å². The predicted molar refractivity (Wildman–Crippen MR) is 106 cm³/mol. The molecule has 0 radical (unpaired) electrons. The Bertz CT molecular complexity index is 973. The van der Waals surface area contributed by atoms with Crippen LogP contribution in [0.3, 0.4) is 0 Å². The number of benzene rings is 1. The highest BCUT2D eigenvalue weighted by atomic mass is 19.1. The van der Waals surface area contributed by atoms with Gasteiger partial charge in [-0.2, -0.15) is 5.10 Å². The summed E-state index contributed by atoms with van der Waals surface area (Å²) in [7, 11) is 1.91. The first kappa shape index (κ1) is 19.3. The lowest BCUT2D eigenvalue weighted by Crippen LogP contribution is -2.39. The zero-order valence-electron chi connectivity index (χ0n) is 16.3. The third kappa shape index (κ3) is 4.22. The Morgan fingerprint density at radius 2 is 2.14 bits per heavy atom. The largest absolute Gasteiger partial charge is 0.368 e. The van der Waals surface area contributed by atoms with Crippen LogP contribution in [0.1, 0.15) is 19.3 Å². The van der Waals surface area contributed by atoms with Gasteiger partial charge in [-0.05, 0) is 37.0 Å². The Labute approximate surface area is 168 Å². The molecule has 1 aliphatic rings. The highest BCUT2D eigenvalue weighted by Crippen LogP contribution is 2.31. The molecule has 1 aliphatic heterocycles. The van der Waals surface area contributed by atoms with E-state index in [1.165, 1.54) is 12.1 Å². The number of ether oxygens (including phenoxy) is 1. The molecule has 152 valence electrons. The quantitative estimate of drug-likeness (QED) is 0.694. The third-order valence-electron chi connectivity index (χ3n) is 5.12. The first-order valence-electron chi connectivity index (χ1n) is 9.82. The second-order valence-electron chi connectivity index (χ2n) is 7.14. The van der Waals surface area contributed by atoms with Crippen LogP contribution in [-0.4, -0.2) is 44.5 Å². The van der Waals surface area contributed by atoms with Crippen LogP contribution in [0.4, 0.5) is 4.39 Å². The van der Waals surface area contributed by atoms with Crippen molar-refractivity contribution in [2.75, 3.05) is 13.2 Å². The van der Waals surface area contributed by atoms with Gasteiger partial charge in [-0.3, -0.25) is 9.48 Å². The van der Waals surface area contributed by atoms with E-state index in [1.807, 2.05) is 22.5 Å². The number of aryl methyl sites for hydroxylation is 1. The molecule has 0 spiro atoms. The Morgan fingerprint density at radius 1 is 1.31 bits per heavy atom. The Morgan fingerprint density at radius 3 is 2.83 bits per heavy atom. The molecule has 3 aromatic rings. The number of imidazole rings is 1. The predicted octanol–water partition coefficient (Wildman–Crippen LogP) is 2.78. The molecule has 0 saturated carbocycles. The van der Waals surface area contributed by atoms with Gasteiger partial charge in [0.25, 0.3) is 0 Å². The number of hydrogen-bond acceptors (Lipinski definition) is 4. The molecule has 3 heterocycles. The minimum atomic E-state index is -0.356. The molecular formula is C21H24FN5O2. The Balaban J connectivity index is 1.54. The number of nitrogens with one attached hydrogen (secondary N) is 1. The van der Waals surface area contributed by atoms with Gasteiger partial charge >= 0.3 is 0 Å². The Kier molecular flexibility index (Phi) is 5.71. The van der Waals surface area contributed by atoms with Crippen molar-refractivity contribution in [2.24, 2.45) is 7.05 Å². The number of amides is 1. The fourth-order valence-electron chi connectivity index (χ4n) is 3.57. The molecule has 4 rings (SSSR count). The zero-order valence-corrected chi connectivity index (χ0v) is 16.3. The van der Waals surface area contributed by atoms with Gasteiger partial charge < -0.3 is 14.6 Å². The maximum Gasteiger partial charge on any atom is 0.249 e. The van der Waals surface area contributed by atoms with Gasteiger partial charge in [0.2, 0.25) is 5.91 Å². The number of rotatable bonds is 6. The second kappa shape index (κ2) is 8.57. The second-order valence-corrected chi connectivity index (χ2v) is 7.14. The molecule has 1 aromatic carbocycles. The SMILES string of the molecule is Cn1ccnc1-c1c(-c2ccc(F)cc2)cnn1CCNC(=O)C1CCCCO1. The molecule has 1 unspecified atom stereocenters. The summed E-state index contributed by atoms with van der Waals surface area (Å²) in [6.07, 6.45) is 7.78. The summed E-state index contributed by atoms with van der Waals surface area (Å²) >= 11 is 0. The lowest BCUT2D eigenvalue weighted by atomic mass is 10.1. The summed E-state index contributed by atoms with van der Waals surface area (Å²) in [6, 6.07) is 6.31. The number of carbonyl (C=O) groups is 1. The average Bonchev–Trinajstić information content (AvgIpc) is 3.35. The van der Waals surface area contributed by atoms with E-state index < -0.39 is 0 Å². The van der Waals surface area contributed by atoms with Crippen LogP contribution in [-0.2, 0) is 23.1 Å². The maximum absolute atomic E-state index is 13.4. The van der Waals surface area contributed by atoms with Crippen molar-refractivity contribution >= 4 is 5.91 Å². The van der Waals surface area contributed by atoms with Gasteiger partial charge in [0.05, 0.1) is 12.7 Å². The minimum Gasteiger partial charge on any atom is -0.368 e. The van der Waals surface area contributed by atoms with Crippen molar-refractivity contribution in [3.8, 4) is 22.6 Å². The van der Waals surface area contributed by atoms with Crippen LogP contribution in [0.15, 0.2) is 42.9 Å². The monoisotopic (exact) mass is 397 g/mol. The number of aromatic nitrogens is 4. The molecule has 0 bridgehead atoms. The van der Waals surface area contributed by atoms with Crippen molar-refractivity contribution in [1.82, 2.24) is 24.6 Å². The van der Waals surface area contributed by atoms with Crippen LogP contribution in [0.25, 0.3) is 22.6 Å². The summed E-state index contributed by atoms with van der Waals surface area (Å²) < 4.78 is 22.6. The lowest BCUT2D eigenvalue weighted by Gasteiger charge is -2.21. The lowest BCUT2D eigenvalue weighted by molar-refractivity contribution is -0.135. The minimum absolute atomic E-state index is 0.0749. The average molecular weight is 397 g/mol. The summed E-state index contributed by atoms with van der Waals surface area (Å²) in [6.45, 7) is 1.56. The first-order valence-corrected chi connectivity index (χ1v) is 9.82. The smallest absolute Gasteiger partial charge is 0.249 e. The zero-order chi connectivity index (χ0) is 20.2. The van der Waals surface area contributed by atoms with Gasteiger partial charge in [-0.25, -0.2) is 9.37 Å². The van der Waals surface area contributed by atoms with Gasteiger partial charge in [0, 0.05) is 38.2 Å². The van der Waals surface area contributed by atoms with Crippen molar-refractivity contribution in [3.05, 3.63) is 48.7 Å². The van der Waals surface area contributed by atoms with Crippen molar-refractivity contribution in [1.29, 1.82) is 0 Å². The van der Waals surface area contributed by atoms with Crippen molar-refractivity contribution in [3.63, 3.8) is 0 Å². The van der Waals surface area contributed by atoms with Crippen molar-refractivity contribution in [2.45, 2.75) is 31.9 Å². The van der Waals surface area contributed by atoms with Crippen LogP contribution in [0.2, 0.25) is 0 Å². The summed E-state index contributed by atoms with van der Waals surface area (Å²) in [5, 5.41) is 7.45. The number of hydrogen-bond donors (Lipinski definition) is 1. The van der Waals surface area contributed by atoms with E-state index in [0.29, 0.717) is 19.7 Å². The van der Waals surface area contributed by atoms with Crippen LogP contribution >= 0.6 is 0 Å². The number of carbonyl (C=O) groups excluding carboxylic acids is 1. The van der Waals surface area contributed by atoms with E-state index in [1.54, 1.807) is 24.5 Å². The number of halogens is 1. The highest BCUT2D eigenvalue weighted by molar-refractivity contribution is 5.81. The molecule has 2 aromatic heterocycles.